The lowest BCUT2D eigenvalue weighted by molar-refractivity contribution is -0.151. The van der Waals surface area contributed by atoms with Gasteiger partial charge in [-0.1, -0.05) is 6.08 Å². The van der Waals surface area contributed by atoms with Crippen LogP contribution < -0.4 is 0 Å². The second-order valence-electron chi connectivity index (χ2n) is 3.98. The molecule has 0 amide bonds. The normalized spacial score (nSPS) is 21.0. The largest absolute Gasteiger partial charge is 0.478 e. The van der Waals surface area contributed by atoms with Crippen molar-refractivity contribution >= 4 is 11.9 Å². The molecule has 1 aliphatic rings. The third-order valence-corrected chi connectivity index (χ3v) is 2.29. The molecule has 0 saturated carbocycles. The van der Waals surface area contributed by atoms with Crippen molar-refractivity contribution in [3.8, 4) is 0 Å². The van der Waals surface area contributed by atoms with E-state index in [4.69, 9.17) is 9.84 Å². The Morgan fingerprint density at radius 2 is 2.20 bits per heavy atom. The average Bonchev–Trinajstić information content (AvgIpc) is 2.17. The van der Waals surface area contributed by atoms with Crippen LogP contribution in [0.1, 0.15) is 33.1 Å². The van der Waals surface area contributed by atoms with Crippen LogP contribution in [0, 0.1) is 5.92 Å². The Labute approximate surface area is 88.9 Å². The molecular weight excluding hydrogens is 196 g/mol. The first-order valence-corrected chi connectivity index (χ1v) is 5.15. The number of carboxylic acid groups (broad SMARTS) is 1. The number of rotatable bonds is 3. The van der Waals surface area contributed by atoms with E-state index in [1.165, 1.54) is 6.08 Å². The molecule has 0 spiro atoms. The van der Waals surface area contributed by atoms with Crippen molar-refractivity contribution in [2.45, 2.75) is 39.2 Å². The highest BCUT2D eigenvalue weighted by Crippen LogP contribution is 2.24. The van der Waals surface area contributed by atoms with Crippen LogP contribution in [0.2, 0.25) is 0 Å². The summed E-state index contributed by atoms with van der Waals surface area (Å²) in [5.41, 5.74) is 0.326. The number of carboxylic acids is 1. The summed E-state index contributed by atoms with van der Waals surface area (Å²) in [4.78, 5) is 22.2. The minimum Gasteiger partial charge on any atom is -0.478 e. The SMILES string of the molecule is CC(C)OC(=O)C1C=C(C(=O)O)CCC1. The van der Waals surface area contributed by atoms with Gasteiger partial charge in [-0.3, -0.25) is 4.79 Å². The zero-order valence-electron chi connectivity index (χ0n) is 9.03. The van der Waals surface area contributed by atoms with E-state index in [2.05, 4.69) is 0 Å². The fraction of sp³-hybridized carbons (Fsp3) is 0.636. The van der Waals surface area contributed by atoms with E-state index in [1.807, 2.05) is 0 Å². The highest BCUT2D eigenvalue weighted by Gasteiger charge is 2.24. The van der Waals surface area contributed by atoms with Crippen LogP contribution in [0.25, 0.3) is 0 Å². The van der Waals surface area contributed by atoms with Gasteiger partial charge in [0.25, 0.3) is 0 Å². The first kappa shape index (κ1) is 11.8. The number of aliphatic carboxylic acids is 1. The first-order chi connectivity index (χ1) is 7.00. The second kappa shape index (κ2) is 4.96. The highest BCUT2D eigenvalue weighted by atomic mass is 16.5. The van der Waals surface area contributed by atoms with Crippen molar-refractivity contribution < 1.29 is 19.4 Å². The van der Waals surface area contributed by atoms with Crippen LogP contribution in [-0.2, 0) is 14.3 Å². The monoisotopic (exact) mass is 212 g/mol. The fourth-order valence-corrected chi connectivity index (χ4v) is 1.61. The van der Waals surface area contributed by atoms with Gasteiger partial charge in [-0.25, -0.2) is 4.79 Å². The molecule has 0 bridgehead atoms. The zero-order valence-corrected chi connectivity index (χ0v) is 9.03. The number of hydrogen-bond donors (Lipinski definition) is 1. The number of hydrogen-bond acceptors (Lipinski definition) is 3. The Kier molecular flexibility index (Phi) is 3.88. The summed E-state index contributed by atoms with van der Waals surface area (Å²) < 4.78 is 5.04. The molecule has 1 unspecified atom stereocenters. The van der Waals surface area contributed by atoms with E-state index in [-0.39, 0.29) is 18.0 Å². The Hall–Kier alpha value is -1.32. The maximum Gasteiger partial charge on any atom is 0.331 e. The molecule has 4 nitrogen and oxygen atoms in total. The molecule has 0 fully saturated rings. The molecule has 1 rings (SSSR count). The Morgan fingerprint density at radius 3 is 2.73 bits per heavy atom. The van der Waals surface area contributed by atoms with Crippen LogP contribution in [0.3, 0.4) is 0 Å². The van der Waals surface area contributed by atoms with Crippen LogP contribution in [0.15, 0.2) is 11.6 Å². The molecule has 0 radical (unpaired) electrons. The predicted octanol–water partition coefficient (Wildman–Crippen LogP) is 1.75. The van der Waals surface area contributed by atoms with Gasteiger partial charge < -0.3 is 9.84 Å². The predicted molar refractivity (Wildman–Crippen MR) is 54.3 cm³/mol. The molecule has 0 aromatic heterocycles. The van der Waals surface area contributed by atoms with E-state index in [9.17, 15) is 9.59 Å². The van der Waals surface area contributed by atoms with Gasteiger partial charge >= 0.3 is 11.9 Å². The van der Waals surface area contributed by atoms with Crippen LogP contribution in [-0.4, -0.2) is 23.1 Å². The van der Waals surface area contributed by atoms with Crippen molar-refractivity contribution in [3.05, 3.63) is 11.6 Å². The van der Waals surface area contributed by atoms with E-state index in [0.717, 1.165) is 6.42 Å². The number of carbonyl (C=O) groups is 2. The van der Waals surface area contributed by atoms with Crippen molar-refractivity contribution in [3.63, 3.8) is 0 Å². The van der Waals surface area contributed by atoms with Crippen molar-refractivity contribution in [1.29, 1.82) is 0 Å². The highest BCUT2D eigenvalue weighted by molar-refractivity contribution is 5.88. The molecule has 0 saturated heterocycles. The van der Waals surface area contributed by atoms with E-state index in [0.29, 0.717) is 18.4 Å². The molecule has 1 aliphatic carbocycles. The van der Waals surface area contributed by atoms with Gasteiger partial charge in [0.1, 0.15) is 0 Å². The minimum atomic E-state index is -0.933. The molecule has 1 N–H and O–H groups in total. The lowest BCUT2D eigenvalue weighted by Gasteiger charge is -2.19. The van der Waals surface area contributed by atoms with Crippen molar-refractivity contribution in [2.24, 2.45) is 5.92 Å². The fourth-order valence-electron chi connectivity index (χ4n) is 1.61. The molecule has 84 valence electrons. The number of esters is 1. The standard InChI is InChI=1S/C11H16O4/c1-7(2)15-11(14)9-5-3-4-8(6-9)10(12)13/h6-7,9H,3-5H2,1-2H3,(H,12,13). The Bertz CT molecular complexity index is 291. The summed E-state index contributed by atoms with van der Waals surface area (Å²) in [6.45, 7) is 3.56. The van der Waals surface area contributed by atoms with Gasteiger partial charge in [-0.2, -0.15) is 0 Å². The average molecular weight is 212 g/mol. The molecule has 15 heavy (non-hydrogen) atoms. The first-order valence-electron chi connectivity index (χ1n) is 5.15. The molecular formula is C11H16O4. The van der Waals surface area contributed by atoms with Crippen LogP contribution in [0.4, 0.5) is 0 Å². The number of ether oxygens (including phenoxy) is 1. The van der Waals surface area contributed by atoms with Gasteiger partial charge in [0, 0.05) is 5.57 Å². The molecule has 0 aliphatic heterocycles. The summed E-state index contributed by atoms with van der Waals surface area (Å²) in [5.74, 6) is -1.63. The van der Waals surface area contributed by atoms with Crippen molar-refractivity contribution in [1.82, 2.24) is 0 Å². The zero-order chi connectivity index (χ0) is 11.4. The van der Waals surface area contributed by atoms with E-state index in [1.54, 1.807) is 13.8 Å². The maximum atomic E-state index is 11.5. The van der Waals surface area contributed by atoms with Crippen molar-refractivity contribution in [2.75, 3.05) is 0 Å². The van der Waals surface area contributed by atoms with Crippen LogP contribution >= 0.6 is 0 Å². The molecule has 0 aromatic rings. The minimum absolute atomic E-state index is 0.152. The summed E-state index contributed by atoms with van der Waals surface area (Å²) in [5, 5.41) is 8.80. The summed E-state index contributed by atoms with van der Waals surface area (Å²) in [6, 6.07) is 0. The lowest BCUT2D eigenvalue weighted by Crippen LogP contribution is -2.23. The summed E-state index contributed by atoms with van der Waals surface area (Å²) in [7, 11) is 0. The van der Waals surface area contributed by atoms with E-state index < -0.39 is 5.97 Å². The third kappa shape index (κ3) is 3.38. The van der Waals surface area contributed by atoms with E-state index >= 15 is 0 Å². The third-order valence-electron chi connectivity index (χ3n) is 2.29. The Balaban J connectivity index is 2.66. The van der Waals surface area contributed by atoms with Gasteiger partial charge in [0.2, 0.25) is 0 Å². The maximum absolute atomic E-state index is 11.5. The molecule has 1 atom stereocenters. The summed E-state index contributed by atoms with van der Waals surface area (Å²) in [6.07, 6.45) is 3.33. The molecule has 4 heteroatoms. The Morgan fingerprint density at radius 1 is 1.53 bits per heavy atom. The molecule has 0 aromatic carbocycles. The summed E-state index contributed by atoms with van der Waals surface area (Å²) >= 11 is 0. The smallest absolute Gasteiger partial charge is 0.331 e. The second-order valence-corrected chi connectivity index (χ2v) is 3.98. The van der Waals surface area contributed by atoms with Gasteiger partial charge in [-0.05, 0) is 33.1 Å². The van der Waals surface area contributed by atoms with Gasteiger partial charge in [0.05, 0.1) is 12.0 Å². The quantitative estimate of drug-likeness (QED) is 0.724. The number of carbonyl (C=O) groups excluding carboxylic acids is 1. The van der Waals surface area contributed by atoms with Gasteiger partial charge in [0.15, 0.2) is 0 Å². The van der Waals surface area contributed by atoms with Crippen LogP contribution in [0.5, 0.6) is 0 Å². The lowest BCUT2D eigenvalue weighted by atomic mass is 9.90. The topological polar surface area (TPSA) is 63.6 Å². The molecule has 0 heterocycles. The van der Waals surface area contributed by atoms with Gasteiger partial charge in [-0.15, -0.1) is 0 Å².